The molecule has 1 aromatic carbocycles. The first kappa shape index (κ1) is 22.1. The Morgan fingerprint density at radius 3 is 2.57 bits per heavy atom. The van der Waals surface area contributed by atoms with Gasteiger partial charge in [-0.05, 0) is 44.7 Å². The molecule has 3 rings (SSSR count). The third kappa shape index (κ3) is 4.91. The quantitative estimate of drug-likeness (QED) is 0.509. The van der Waals surface area contributed by atoms with Gasteiger partial charge in [-0.3, -0.25) is 14.4 Å². The average Bonchev–Trinajstić information content (AvgIpc) is 3.19. The first-order chi connectivity index (χ1) is 14.4. The van der Waals surface area contributed by atoms with Crippen LogP contribution in [0.15, 0.2) is 36.4 Å². The Morgan fingerprint density at radius 1 is 1.17 bits per heavy atom. The number of amides is 2. The Bertz CT molecular complexity index is 819. The molecule has 0 N–H and O–H groups in total. The summed E-state index contributed by atoms with van der Waals surface area (Å²) < 4.78 is 5.39. The van der Waals surface area contributed by atoms with Gasteiger partial charge in [-0.15, -0.1) is 0 Å². The van der Waals surface area contributed by atoms with Gasteiger partial charge in [0.15, 0.2) is 6.61 Å². The number of fused-ring (bicyclic) bond motifs is 1. The minimum absolute atomic E-state index is 0.00499. The lowest BCUT2D eigenvalue weighted by atomic mass is 9.78. The van der Waals surface area contributed by atoms with Crippen molar-refractivity contribution in [1.82, 2.24) is 4.90 Å². The maximum Gasteiger partial charge on any atom is 0.310 e. The van der Waals surface area contributed by atoms with Crippen LogP contribution in [-0.4, -0.2) is 48.9 Å². The summed E-state index contributed by atoms with van der Waals surface area (Å²) in [7, 11) is 0. The number of ether oxygens (including phenoxy) is 1. The Hall–Kier alpha value is -2.63. The van der Waals surface area contributed by atoms with E-state index in [1.807, 2.05) is 43.0 Å². The maximum absolute atomic E-state index is 13.3. The maximum atomic E-state index is 13.3. The molecule has 1 saturated carbocycles. The fourth-order valence-corrected chi connectivity index (χ4v) is 4.51. The summed E-state index contributed by atoms with van der Waals surface area (Å²) in [6, 6.07) is 7.94. The lowest BCUT2D eigenvalue weighted by Crippen LogP contribution is -2.43. The molecular weight excluding hydrogens is 380 g/mol. The van der Waals surface area contributed by atoms with Gasteiger partial charge in [0.1, 0.15) is 0 Å². The molecule has 0 spiro atoms. The van der Waals surface area contributed by atoms with E-state index in [1.54, 1.807) is 4.90 Å². The molecule has 2 amide bonds. The molecule has 2 aliphatic rings. The van der Waals surface area contributed by atoms with Crippen LogP contribution >= 0.6 is 0 Å². The van der Waals surface area contributed by atoms with Crippen LogP contribution in [0.2, 0.25) is 0 Å². The third-order valence-electron chi connectivity index (χ3n) is 6.07. The van der Waals surface area contributed by atoms with Crippen LogP contribution in [0.1, 0.15) is 45.1 Å². The summed E-state index contributed by atoms with van der Waals surface area (Å²) in [5, 5.41) is 0. The Kier molecular flexibility index (Phi) is 7.29. The van der Waals surface area contributed by atoms with Crippen molar-refractivity contribution in [2.45, 2.75) is 46.0 Å². The van der Waals surface area contributed by atoms with E-state index < -0.39 is 11.9 Å². The van der Waals surface area contributed by atoms with E-state index in [-0.39, 0.29) is 24.3 Å². The molecule has 1 aliphatic carbocycles. The van der Waals surface area contributed by atoms with Crippen molar-refractivity contribution in [2.75, 3.05) is 31.1 Å². The van der Waals surface area contributed by atoms with Crippen molar-refractivity contribution in [3.05, 3.63) is 42.0 Å². The molecule has 6 nitrogen and oxygen atoms in total. The van der Waals surface area contributed by atoms with Crippen LogP contribution in [0.25, 0.3) is 0 Å². The molecule has 0 radical (unpaired) electrons. The van der Waals surface area contributed by atoms with Crippen LogP contribution in [0.4, 0.5) is 5.69 Å². The highest BCUT2D eigenvalue weighted by atomic mass is 16.5. The Balaban J connectivity index is 1.64. The molecule has 1 aliphatic heterocycles. The number of esters is 1. The highest BCUT2D eigenvalue weighted by molar-refractivity contribution is 5.99. The molecule has 1 fully saturated rings. The Morgan fingerprint density at radius 2 is 1.87 bits per heavy atom. The van der Waals surface area contributed by atoms with Gasteiger partial charge in [0.2, 0.25) is 5.91 Å². The number of likely N-dealkylation sites (N-methyl/N-ethyl adjacent to an activating group) is 1. The first-order valence-corrected chi connectivity index (χ1v) is 10.9. The van der Waals surface area contributed by atoms with Crippen LogP contribution < -0.4 is 4.90 Å². The first-order valence-electron chi connectivity index (χ1n) is 10.9. The number of benzene rings is 1. The summed E-state index contributed by atoms with van der Waals surface area (Å²) in [4.78, 5) is 42.0. The summed E-state index contributed by atoms with van der Waals surface area (Å²) in [5.74, 6) is -1.53. The van der Waals surface area contributed by atoms with Crippen molar-refractivity contribution in [1.29, 1.82) is 0 Å². The largest absolute Gasteiger partial charge is 0.455 e. The number of nitrogens with zero attached hydrogens (tertiary/aromatic N) is 2. The van der Waals surface area contributed by atoms with Crippen LogP contribution in [0.3, 0.4) is 0 Å². The fraction of sp³-hybridized carbons (Fsp3) is 0.542. The molecule has 0 saturated heterocycles. The fourth-order valence-electron chi connectivity index (χ4n) is 4.51. The average molecular weight is 413 g/mol. The molecular formula is C24H32N2O4. The van der Waals surface area contributed by atoms with Crippen molar-refractivity contribution in [3.63, 3.8) is 0 Å². The van der Waals surface area contributed by atoms with E-state index in [9.17, 15) is 14.4 Å². The number of hydrogen-bond donors (Lipinski definition) is 0. The van der Waals surface area contributed by atoms with E-state index in [0.717, 1.165) is 30.5 Å². The molecule has 2 unspecified atom stereocenters. The SMILES string of the molecule is C=C(C)CN(CC)C(=O)COC(=O)C1CCCCC1C(=O)N1CCc2ccccc21. The number of hydrogen-bond acceptors (Lipinski definition) is 4. The molecule has 0 bridgehead atoms. The van der Waals surface area contributed by atoms with E-state index in [1.165, 1.54) is 5.56 Å². The van der Waals surface area contributed by atoms with Gasteiger partial charge in [0, 0.05) is 25.3 Å². The topological polar surface area (TPSA) is 66.9 Å². The zero-order valence-electron chi connectivity index (χ0n) is 18.1. The number of rotatable bonds is 7. The second-order valence-electron chi connectivity index (χ2n) is 8.34. The van der Waals surface area contributed by atoms with E-state index in [2.05, 4.69) is 6.58 Å². The number of carbonyl (C=O) groups excluding carboxylic acids is 3. The van der Waals surface area contributed by atoms with Crippen LogP contribution in [0.5, 0.6) is 0 Å². The van der Waals surface area contributed by atoms with Crippen molar-refractivity contribution < 1.29 is 19.1 Å². The van der Waals surface area contributed by atoms with E-state index in [4.69, 9.17) is 4.74 Å². The van der Waals surface area contributed by atoms with Gasteiger partial charge in [0.05, 0.1) is 11.8 Å². The number of carbonyl (C=O) groups is 3. The molecule has 30 heavy (non-hydrogen) atoms. The molecule has 0 aromatic heterocycles. The highest BCUT2D eigenvalue weighted by Crippen LogP contribution is 2.36. The van der Waals surface area contributed by atoms with E-state index >= 15 is 0 Å². The lowest BCUT2D eigenvalue weighted by Gasteiger charge is -2.32. The highest BCUT2D eigenvalue weighted by Gasteiger charge is 2.40. The molecule has 1 aromatic rings. The number of para-hydroxylation sites is 1. The second-order valence-corrected chi connectivity index (χ2v) is 8.34. The molecule has 2 atom stereocenters. The summed E-state index contributed by atoms with van der Waals surface area (Å²) in [6.07, 6.45) is 3.97. The van der Waals surface area contributed by atoms with Gasteiger partial charge in [-0.2, -0.15) is 0 Å². The zero-order valence-corrected chi connectivity index (χ0v) is 18.1. The standard InChI is InChI=1S/C24H32N2O4/c1-4-25(15-17(2)3)22(27)16-30-24(29)20-11-7-6-10-19(20)23(28)26-14-13-18-9-5-8-12-21(18)26/h5,8-9,12,19-20H,2,4,6-7,10-11,13-16H2,1,3H3. The van der Waals surface area contributed by atoms with Crippen molar-refractivity contribution in [2.24, 2.45) is 11.8 Å². The monoisotopic (exact) mass is 412 g/mol. The third-order valence-corrected chi connectivity index (χ3v) is 6.07. The Labute approximate surface area is 178 Å². The molecule has 1 heterocycles. The van der Waals surface area contributed by atoms with Gasteiger partial charge >= 0.3 is 5.97 Å². The van der Waals surface area contributed by atoms with Crippen LogP contribution in [-0.2, 0) is 25.5 Å². The summed E-state index contributed by atoms with van der Waals surface area (Å²) in [6.45, 7) is 8.92. The minimum Gasteiger partial charge on any atom is -0.455 e. The van der Waals surface area contributed by atoms with Crippen molar-refractivity contribution in [3.8, 4) is 0 Å². The van der Waals surface area contributed by atoms with E-state index in [0.29, 0.717) is 32.5 Å². The van der Waals surface area contributed by atoms with Gasteiger partial charge in [0.25, 0.3) is 5.91 Å². The van der Waals surface area contributed by atoms with Gasteiger partial charge < -0.3 is 14.5 Å². The van der Waals surface area contributed by atoms with Crippen LogP contribution in [0, 0.1) is 11.8 Å². The van der Waals surface area contributed by atoms with Gasteiger partial charge in [-0.1, -0.05) is 43.2 Å². The summed E-state index contributed by atoms with van der Waals surface area (Å²) in [5.41, 5.74) is 3.00. The zero-order chi connectivity index (χ0) is 21.7. The normalized spacial score (nSPS) is 20.4. The predicted octanol–water partition coefficient (Wildman–Crippen LogP) is 3.35. The molecule has 162 valence electrons. The second kappa shape index (κ2) is 9.92. The van der Waals surface area contributed by atoms with Gasteiger partial charge in [-0.25, -0.2) is 0 Å². The minimum atomic E-state index is -0.483. The smallest absolute Gasteiger partial charge is 0.310 e. The predicted molar refractivity (Wildman–Crippen MR) is 116 cm³/mol. The lowest BCUT2D eigenvalue weighted by molar-refractivity contribution is -0.159. The van der Waals surface area contributed by atoms with Crippen molar-refractivity contribution >= 4 is 23.5 Å². The number of anilines is 1. The molecule has 6 heteroatoms. The summed E-state index contributed by atoms with van der Waals surface area (Å²) >= 11 is 0.